The average molecular weight is 213 g/mol. The van der Waals surface area contributed by atoms with Crippen LogP contribution >= 0.6 is 0 Å². The number of rotatable bonds is 2. The highest BCUT2D eigenvalue weighted by molar-refractivity contribution is 5.92. The number of hydrogen-bond acceptors (Lipinski definition) is 2. The van der Waals surface area contributed by atoms with Gasteiger partial charge in [-0.05, 0) is 41.8 Å². The fraction of sp³-hybridized carbons (Fsp3) is 0.0769. The van der Waals surface area contributed by atoms with Crippen molar-refractivity contribution in [2.45, 2.75) is 6.92 Å². The zero-order chi connectivity index (χ0) is 11.5. The van der Waals surface area contributed by atoms with Gasteiger partial charge in [0.1, 0.15) is 0 Å². The molecule has 0 amide bonds. The van der Waals surface area contributed by atoms with E-state index in [1.165, 1.54) is 0 Å². The normalized spacial score (nSPS) is 10.1. The number of pyridine rings is 1. The molecule has 1 aromatic carbocycles. The van der Waals surface area contributed by atoms with Crippen LogP contribution in [-0.2, 0) is 0 Å². The Balaban J connectivity index is 2.59. The number of carbonyl (C=O) groups is 1. The smallest absolute Gasteiger partial charge is 0.335 e. The average Bonchev–Trinajstić information content (AvgIpc) is 2.30. The van der Waals surface area contributed by atoms with Gasteiger partial charge in [0, 0.05) is 12.4 Å². The molecule has 0 aliphatic carbocycles. The lowest BCUT2D eigenvalue weighted by Gasteiger charge is -2.08. The van der Waals surface area contributed by atoms with Crippen molar-refractivity contribution in [2.75, 3.05) is 0 Å². The molecule has 0 aliphatic heterocycles. The minimum absolute atomic E-state index is 0.342. The van der Waals surface area contributed by atoms with Crippen LogP contribution in [0.15, 0.2) is 42.7 Å². The summed E-state index contributed by atoms with van der Waals surface area (Å²) in [5.41, 5.74) is 3.04. The Labute approximate surface area is 93.4 Å². The molecule has 0 fully saturated rings. The molecule has 2 aromatic rings. The van der Waals surface area contributed by atoms with E-state index in [0.29, 0.717) is 5.56 Å². The van der Waals surface area contributed by atoms with Crippen molar-refractivity contribution < 1.29 is 9.90 Å². The van der Waals surface area contributed by atoms with Gasteiger partial charge >= 0.3 is 5.97 Å². The standard InChI is InChI=1S/C13H11NO2/c1-9-11(10-5-7-14-8-6-10)3-2-4-12(9)13(15)16/h2-8H,1H3,(H,15,16). The highest BCUT2D eigenvalue weighted by Crippen LogP contribution is 2.24. The van der Waals surface area contributed by atoms with E-state index < -0.39 is 5.97 Å². The van der Waals surface area contributed by atoms with Crippen LogP contribution in [0.1, 0.15) is 15.9 Å². The van der Waals surface area contributed by atoms with Crippen LogP contribution in [0.3, 0.4) is 0 Å². The molecule has 3 heteroatoms. The molecule has 2 rings (SSSR count). The van der Waals surface area contributed by atoms with Crippen LogP contribution in [0.25, 0.3) is 11.1 Å². The van der Waals surface area contributed by atoms with Crippen LogP contribution < -0.4 is 0 Å². The van der Waals surface area contributed by atoms with Crippen molar-refractivity contribution in [1.29, 1.82) is 0 Å². The van der Waals surface area contributed by atoms with E-state index >= 15 is 0 Å². The maximum atomic E-state index is 11.0. The minimum Gasteiger partial charge on any atom is -0.478 e. The number of hydrogen-bond donors (Lipinski definition) is 1. The largest absolute Gasteiger partial charge is 0.478 e. The van der Waals surface area contributed by atoms with Crippen molar-refractivity contribution in [1.82, 2.24) is 4.98 Å². The maximum absolute atomic E-state index is 11.0. The zero-order valence-corrected chi connectivity index (χ0v) is 8.84. The monoisotopic (exact) mass is 213 g/mol. The third-order valence-corrected chi connectivity index (χ3v) is 2.56. The van der Waals surface area contributed by atoms with Gasteiger partial charge in [0.25, 0.3) is 0 Å². The first-order valence-electron chi connectivity index (χ1n) is 4.93. The second kappa shape index (κ2) is 4.14. The van der Waals surface area contributed by atoms with E-state index in [-0.39, 0.29) is 0 Å². The summed E-state index contributed by atoms with van der Waals surface area (Å²) in [5, 5.41) is 9.02. The Kier molecular flexibility index (Phi) is 2.68. The quantitative estimate of drug-likeness (QED) is 0.834. The van der Waals surface area contributed by atoms with Gasteiger partial charge in [0.15, 0.2) is 0 Å². The number of nitrogens with zero attached hydrogens (tertiary/aromatic N) is 1. The van der Waals surface area contributed by atoms with E-state index in [0.717, 1.165) is 16.7 Å². The summed E-state index contributed by atoms with van der Waals surface area (Å²) in [6.07, 6.45) is 3.39. The van der Waals surface area contributed by atoms with Crippen molar-refractivity contribution >= 4 is 5.97 Å². The molecule has 3 nitrogen and oxygen atoms in total. The van der Waals surface area contributed by atoms with Gasteiger partial charge in [0.05, 0.1) is 5.56 Å². The molecule has 0 saturated heterocycles. The SMILES string of the molecule is Cc1c(C(=O)O)cccc1-c1ccncc1. The molecular formula is C13H11NO2. The first-order chi connectivity index (χ1) is 7.70. The van der Waals surface area contributed by atoms with Crippen molar-refractivity contribution in [3.8, 4) is 11.1 Å². The Morgan fingerprint density at radius 1 is 1.19 bits per heavy atom. The molecule has 1 heterocycles. The van der Waals surface area contributed by atoms with Crippen LogP contribution in [-0.4, -0.2) is 16.1 Å². The van der Waals surface area contributed by atoms with Gasteiger partial charge in [-0.2, -0.15) is 0 Å². The lowest BCUT2D eigenvalue weighted by molar-refractivity contribution is 0.0696. The zero-order valence-electron chi connectivity index (χ0n) is 8.84. The van der Waals surface area contributed by atoms with Gasteiger partial charge in [-0.3, -0.25) is 4.98 Å². The van der Waals surface area contributed by atoms with Gasteiger partial charge in [0.2, 0.25) is 0 Å². The molecule has 80 valence electrons. The fourth-order valence-corrected chi connectivity index (χ4v) is 1.71. The number of carboxylic acid groups (broad SMARTS) is 1. The predicted octanol–water partition coefficient (Wildman–Crippen LogP) is 2.76. The highest BCUT2D eigenvalue weighted by Gasteiger charge is 2.10. The van der Waals surface area contributed by atoms with Crippen molar-refractivity contribution in [3.63, 3.8) is 0 Å². The van der Waals surface area contributed by atoms with Crippen LogP contribution in [0.5, 0.6) is 0 Å². The van der Waals surface area contributed by atoms with E-state index in [4.69, 9.17) is 5.11 Å². The fourth-order valence-electron chi connectivity index (χ4n) is 1.71. The van der Waals surface area contributed by atoms with E-state index in [1.807, 2.05) is 25.1 Å². The first-order valence-corrected chi connectivity index (χ1v) is 4.93. The molecular weight excluding hydrogens is 202 g/mol. The molecule has 0 atom stereocenters. The molecule has 16 heavy (non-hydrogen) atoms. The Hall–Kier alpha value is -2.16. The summed E-state index contributed by atoms with van der Waals surface area (Å²) in [5.74, 6) is -0.895. The molecule has 0 aliphatic rings. The Morgan fingerprint density at radius 3 is 2.50 bits per heavy atom. The van der Waals surface area contributed by atoms with Gasteiger partial charge in [-0.15, -0.1) is 0 Å². The Morgan fingerprint density at radius 2 is 1.88 bits per heavy atom. The number of aromatic carboxylic acids is 1. The topological polar surface area (TPSA) is 50.2 Å². The molecule has 0 saturated carbocycles. The Bertz CT molecular complexity index is 521. The second-order valence-electron chi connectivity index (χ2n) is 3.52. The summed E-state index contributed by atoms with van der Waals surface area (Å²) < 4.78 is 0. The lowest BCUT2D eigenvalue weighted by atomic mass is 9.97. The summed E-state index contributed by atoms with van der Waals surface area (Å²) in [6.45, 7) is 1.82. The van der Waals surface area contributed by atoms with Crippen LogP contribution in [0.4, 0.5) is 0 Å². The molecule has 0 spiro atoms. The molecule has 0 unspecified atom stereocenters. The van der Waals surface area contributed by atoms with Crippen molar-refractivity contribution in [3.05, 3.63) is 53.9 Å². The third-order valence-electron chi connectivity index (χ3n) is 2.56. The second-order valence-corrected chi connectivity index (χ2v) is 3.52. The van der Waals surface area contributed by atoms with Crippen molar-refractivity contribution in [2.24, 2.45) is 0 Å². The first kappa shape index (κ1) is 10.4. The summed E-state index contributed by atoms with van der Waals surface area (Å²) in [4.78, 5) is 14.9. The third kappa shape index (κ3) is 1.80. The van der Waals surface area contributed by atoms with E-state index in [2.05, 4.69) is 4.98 Å². The van der Waals surface area contributed by atoms with E-state index in [9.17, 15) is 4.79 Å². The van der Waals surface area contributed by atoms with Crippen LogP contribution in [0.2, 0.25) is 0 Å². The molecule has 0 bridgehead atoms. The molecule has 1 aromatic heterocycles. The number of benzene rings is 1. The van der Waals surface area contributed by atoms with Gasteiger partial charge < -0.3 is 5.11 Å². The van der Waals surface area contributed by atoms with Gasteiger partial charge in [-0.25, -0.2) is 4.79 Å². The highest BCUT2D eigenvalue weighted by atomic mass is 16.4. The minimum atomic E-state index is -0.895. The summed E-state index contributed by atoms with van der Waals surface area (Å²) >= 11 is 0. The lowest BCUT2D eigenvalue weighted by Crippen LogP contribution is -2.00. The van der Waals surface area contributed by atoms with Crippen LogP contribution in [0, 0.1) is 6.92 Å². The van der Waals surface area contributed by atoms with Gasteiger partial charge in [-0.1, -0.05) is 12.1 Å². The molecule has 0 radical (unpaired) electrons. The summed E-state index contributed by atoms with van der Waals surface area (Å²) in [7, 11) is 0. The van der Waals surface area contributed by atoms with E-state index in [1.54, 1.807) is 24.5 Å². The maximum Gasteiger partial charge on any atom is 0.335 e. The number of aromatic nitrogens is 1. The summed E-state index contributed by atoms with van der Waals surface area (Å²) in [6, 6.07) is 9.02. The molecule has 1 N–H and O–H groups in total. The predicted molar refractivity (Wildman–Crippen MR) is 61.4 cm³/mol. The number of carboxylic acids is 1.